The first-order chi connectivity index (χ1) is 8.79. The van der Waals surface area contributed by atoms with Crippen molar-refractivity contribution in [2.75, 3.05) is 51.3 Å². The molecule has 100 valence electrons. The fourth-order valence-electron chi connectivity index (χ4n) is 2.49. The van der Waals surface area contributed by atoms with Gasteiger partial charge in [0, 0.05) is 52.1 Å². The normalized spacial score (nSPS) is 17.1. The number of ether oxygens (including phenoxy) is 1. The summed E-state index contributed by atoms with van der Waals surface area (Å²) in [5, 5.41) is 0. The van der Waals surface area contributed by atoms with Crippen molar-refractivity contribution >= 4 is 5.69 Å². The molecule has 3 nitrogen and oxygen atoms in total. The number of hydrogen-bond acceptors (Lipinski definition) is 3. The number of methoxy groups -OCH3 is 1. The molecule has 0 spiro atoms. The minimum atomic E-state index is 0.873. The molecule has 0 radical (unpaired) electrons. The van der Waals surface area contributed by atoms with E-state index in [2.05, 4.69) is 41.0 Å². The molecule has 1 aliphatic heterocycles. The van der Waals surface area contributed by atoms with Crippen LogP contribution in [0, 0.1) is 6.92 Å². The Morgan fingerprint density at radius 1 is 1.17 bits per heavy atom. The van der Waals surface area contributed by atoms with Crippen LogP contribution in [0.2, 0.25) is 0 Å². The summed E-state index contributed by atoms with van der Waals surface area (Å²) in [5.74, 6) is 0. The van der Waals surface area contributed by atoms with Gasteiger partial charge >= 0.3 is 0 Å². The van der Waals surface area contributed by atoms with E-state index < -0.39 is 0 Å². The number of piperazine rings is 1. The summed E-state index contributed by atoms with van der Waals surface area (Å²) in [4.78, 5) is 5.02. The number of rotatable bonds is 5. The smallest absolute Gasteiger partial charge is 0.0474 e. The second kappa shape index (κ2) is 6.76. The fourth-order valence-corrected chi connectivity index (χ4v) is 2.49. The Kier molecular flexibility index (Phi) is 5.02. The molecule has 0 bridgehead atoms. The topological polar surface area (TPSA) is 15.7 Å². The number of anilines is 1. The predicted molar refractivity (Wildman–Crippen MR) is 76.3 cm³/mol. The van der Waals surface area contributed by atoms with Gasteiger partial charge in [0.1, 0.15) is 0 Å². The third-order valence-corrected chi connectivity index (χ3v) is 3.56. The van der Waals surface area contributed by atoms with Crippen LogP contribution in [-0.2, 0) is 4.74 Å². The fraction of sp³-hybridized carbons (Fsp3) is 0.600. The summed E-state index contributed by atoms with van der Waals surface area (Å²) in [7, 11) is 1.77. The zero-order valence-corrected chi connectivity index (χ0v) is 11.6. The summed E-state index contributed by atoms with van der Waals surface area (Å²) in [5.41, 5.74) is 2.71. The van der Waals surface area contributed by atoms with Crippen molar-refractivity contribution < 1.29 is 4.74 Å². The monoisotopic (exact) mass is 248 g/mol. The maximum Gasteiger partial charge on any atom is 0.0474 e. The second-order valence-corrected chi connectivity index (χ2v) is 5.01. The number of benzene rings is 1. The standard InChI is InChI=1S/C15H24N2O/c1-14-5-3-6-15(13-14)17-10-8-16(9-11-17)7-4-12-18-2/h3,5-6,13H,4,7-12H2,1-2H3. The Balaban J connectivity index is 1.79. The van der Waals surface area contributed by atoms with Gasteiger partial charge < -0.3 is 9.64 Å². The summed E-state index contributed by atoms with van der Waals surface area (Å²) in [6.07, 6.45) is 1.14. The molecule has 18 heavy (non-hydrogen) atoms. The first kappa shape index (κ1) is 13.4. The quantitative estimate of drug-likeness (QED) is 0.743. The van der Waals surface area contributed by atoms with E-state index in [1.165, 1.54) is 11.3 Å². The molecule has 0 saturated carbocycles. The third kappa shape index (κ3) is 3.72. The largest absolute Gasteiger partial charge is 0.385 e. The molecule has 0 N–H and O–H groups in total. The lowest BCUT2D eigenvalue weighted by Gasteiger charge is -2.36. The van der Waals surface area contributed by atoms with E-state index in [0.717, 1.165) is 45.8 Å². The molecule has 0 unspecified atom stereocenters. The molecule has 1 aliphatic rings. The summed E-state index contributed by atoms with van der Waals surface area (Å²) < 4.78 is 5.10. The van der Waals surface area contributed by atoms with E-state index in [-0.39, 0.29) is 0 Å². The van der Waals surface area contributed by atoms with Gasteiger partial charge in [0.05, 0.1) is 0 Å². The number of hydrogen-bond donors (Lipinski definition) is 0. The van der Waals surface area contributed by atoms with Crippen LogP contribution < -0.4 is 4.90 Å². The minimum absolute atomic E-state index is 0.873. The van der Waals surface area contributed by atoms with Crippen molar-refractivity contribution in [1.82, 2.24) is 4.90 Å². The van der Waals surface area contributed by atoms with Crippen LogP contribution in [0.3, 0.4) is 0 Å². The van der Waals surface area contributed by atoms with Crippen molar-refractivity contribution in [1.29, 1.82) is 0 Å². The molecule has 0 atom stereocenters. The minimum Gasteiger partial charge on any atom is -0.385 e. The molecular weight excluding hydrogens is 224 g/mol. The van der Waals surface area contributed by atoms with E-state index in [1.807, 2.05) is 0 Å². The lowest BCUT2D eigenvalue weighted by atomic mass is 10.2. The third-order valence-electron chi connectivity index (χ3n) is 3.56. The zero-order valence-electron chi connectivity index (χ0n) is 11.6. The Morgan fingerprint density at radius 3 is 2.61 bits per heavy atom. The SMILES string of the molecule is COCCCN1CCN(c2cccc(C)c2)CC1. The van der Waals surface area contributed by atoms with E-state index in [0.29, 0.717) is 0 Å². The van der Waals surface area contributed by atoms with Gasteiger partial charge in [-0.3, -0.25) is 4.90 Å². The lowest BCUT2D eigenvalue weighted by molar-refractivity contribution is 0.169. The van der Waals surface area contributed by atoms with E-state index in [4.69, 9.17) is 4.74 Å². The predicted octanol–water partition coefficient (Wildman–Crippen LogP) is 2.15. The van der Waals surface area contributed by atoms with Gasteiger partial charge in [0.15, 0.2) is 0 Å². The van der Waals surface area contributed by atoms with E-state index in [9.17, 15) is 0 Å². The Labute approximate surface area is 110 Å². The van der Waals surface area contributed by atoms with Crippen molar-refractivity contribution in [3.63, 3.8) is 0 Å². The maximum atomic E-state index is 5.10. The van der Waals surface area contributed by atoms with Crippen LogP contribution >= 0.6 is 0 Å². The second-order valence-electron chi connectivity index (χ2n) is 5.01. The van der Waals surface area contributed by atoms with Crippen molar-refractivity contribution in [3.05, 3.63) is 29.8 Å². The average Bonchev–Trinajstić information content (AvgIpc) is 2.40. The van der Waals surface area contributed by atoms with Gasteiger partial charge in [0.2, 0.25) is 0 Å². The molecule has 1 aromatic rings. The van der Waals surface area contributed by atoms with Crippen molar-refractivity contribution in [2.24, 2.45) is 0 Å². The molecule has 0 aliphatic carbocycles. The molecule has 1 fully saturated rings. The van der Waals surface area contributed by atoms with Gasteiger partial charge in [-0.15, -0.1) is 0 Å². The summed E-state index contributed by atoms with van der Waals surface area (Å²) >= 11 is 0. The van der Waals surface area contributed by atoms with E-state index in [1.54, 1.807) is 7.11 Å². The van der Waals surface area contributed by atoms with Crippen LogP contribution in [0.1, 0.15) is 12.0 Å². The molecule has 2 rings (SSSR count). The first-order valence-electron chi connectivity index (χ1n) is 6.82. The first-order valence-corrected chi connectivity index (χ1v) is 6.82. The zero-order chi connectivity index (χ0) is 12.8. The Hall–Kier alpha value is -1.06. The van der Waals surface area contributed by atoms with Gasteiger partial charge in [-0.1, -0.05) is 12.1 Å². The van der Waals surface area contributed by atoms with Crippen LogP contribution in [0.15, 0.2) is 24.3 Å². The van der Waals surface area contributed by atoms with Gasteiger partial charge in [0.25, 0.3) is 0 Å². The molecule has 1 heterocycles. The van der Waals surface area contributed by atoms with Crippen molar-refractivity contribution in [3.8, 4) is 0 Å². The van der Waals surface area contributed by atoms with Crippen LogP contribution in [-0.4, -0.2) is 51.3 Å². The van der Waals surface area contributed by atoms with Gasteiger partial charge in [-0.2, -0.15) is 0 Å². The molecule has 1 saturated heterocycles. The van der Waals surface area contributed by atoms with Crippen molar-refractivity contribution in [2.45, 2.75) is 13.3 Å². The summed E-state index contributed by atoms with van der Waals surface area (Å²) in [6.45, 7) is 8.79. The molecular formula is C15H24N2O. The number of nitrogens with zero attached hydrogens (tertiary/aromatic N) is 2. The Bertz CT molecular complexity index is 359. The Morgan fingerprint density at radius 2 is 1.94 bits per heavy atom. The summed E-state index contributed by atoms with van der Waals surface area (Å²) in [6, 6.07) is 8.80. The highest BCUT2D eigenvalue weighted by molar-refractivity contribution is 5.48. The van der Waals surface area contributed by atoms with Crippen LogP contribution in [0.5, 0.6) is 0 Å². The highest BCUT2D eigenvalue weighted by atomic mass is 16.5. The number of aryl methyl sites for hydroxylation is 1. The van der Waals surface area contributed by atoms with E-state index >= 15 is 0 Å². The maximum absolute atomic E-state index is 5.10. The molecule has 3 heteroatoms. The molecule has 0 amide bonds. The lowest BCUT2D eigenvalue weighted by Crippen LogP contribution is -2.46. The molecule has 0 aromatic heterocycles. The molecule has 1 aromatic carbocycles. The highest BCUT2D eigenvalue weighted by Crippen LogP contribution is 2.17. The van der Waals surface area contributed by atoms with Crippen LogP contribution in [0.25, 0.3) is 0 Å². The highest BCUT2D eigenvalue weighted by Gasteiger charge is 2.16. The van der Waals surface area contributed by atoms with Crippen LogP contribution in [0.4, 0.5) is 5.69 Å². The van der Waals surface area contributed by atoms with Gasteiger partial charge in [-0.05, 0) is 31.0 Å². The average molecular weight is 248 g/mol. The van der Waals surface area contributed by atoms with Gasteiger partial charge in [-0.25, -0.2) is 0 Å².